The van der Waals surface area contributed by atoms with Crippen LogP contribution in [-0.4, -0.2) is 17.5 Å². The van der Waals surface area contributed by atoms with Gasteiger partial charge in [-0.15, -0.1) is 0 Å². The number of hydrogen-bond acceptors (Lipinski definition) is 3. The zero-order valence-corrected chi connectivity index (χ0v) is 11.0. The van der Waals surface area contributed by atoms with Gasteiger partial charge in [-0.2, -0.15) is 5.26 Å². The fourth-order valence-corrected chi connectivity index (χ4v) is 1.87. The van der Waals surface area contributed by atoms with Gasteiger partial charge in [0.2, 0.25) is 0 Å². The van der Waals surface area contributed by atoms with E-state index in [9.17, 15) is 9.59 Å². The summed E-state index contributed by atoms with van der Waals surface area (Å²) in [4.78, 5) is 23.4. The van der Waals surface area contributed by atoms with Crippen LogP contribution in [0.25, 0.3) is 0 Å². The smallest absolute Gasteiger partial charge is 0.252 e. The minimum atomic E-state index is -0.246. The van der Waals surface area contributed by atoms with Gasteiger partial charge >= 0.3 is 0 Å². The van der Waals surface area contributed by atoms with E-state index in [4.69, 9.17) is 5.26 Å². The van der Waals surface area contributed by atoms with Gasteiger partial charge < -0.3 is 9.88 Å². The minimum absolute atomic E-state index is 0.194. The third-order valence-electron chi connectivity index (χ3n) is 2.88. The molecule has 20 heavy (non-hydrogen) atoms. The van der Waals surface area contributed by atoms with Crippen molar-refractivity contribution in [3.63, 3.8) is 0 Å². The molecule has 1 amide bonds. The number of carbonyl (C=O) groups excluding carboxylic acids is 1. The van der Waals surface area contributed by atoms with E-state index < -0.39 is 0 Å². The summed E-state index contributed by atoms with van der Waals surface area (Å²) in [5.74, 6) is -0.246. The third kappa shape index (κ3) is 2.93. The number of hydrogen-bond donors (Lipinski definition) is 1. The van der Waals surface area contributed by atoms with Crippen LogP contribution >= 0.6 is 0 Å². The van der Waals surface area contributed by atoms with Gasteiger partial charge in [0, 0.05) is 19.3 Å². The van der Waals surface area contributed by atoms with Crippen molar-refractivity contribution in [3.05, 3.63) is 69.6 Å². The fourth-order valence-electron chi connectivity index (χ4n) is 1.87. The third-order valence-corrected chi connectivity index (χ3v) is 2.88. The summed E-state index contributed by atoms with van der Waals surface area (Å²) in [7, 11) is 1.54. The second-order valence-corrected chi connectivity index (χ2v) is 4.28. The standard InChI is InChI=1S/C15H13N3O2/c1-17-15(20)13-5-6-14(19)18(10-13)9-12-4-2-3-11(7-12)8-16/h2-7,10H,9H2,1H3,(H,17,20). The molecule has 1 aromatic heterocycles. The molecule has 0 saturated carbocycles. The molecule has 0 atom stereocenters. The maximum atomic E-state index is 11.8. The lowest BCUT2D eigenvalue weighted by Crippen LogP contribution is -2.24. The number of aromatic nitrogens is 1. The van der Waals surface area contributed by atoms with E-state index in [0.717, 1.165) is 5.56 Å². The first kappa shape index (κ1) is 13.6. The SMILES string of the molecule is CNC(=O)c1ccc(=O)n(Cc2cccc(C#N)c2)c1. The molecule has 0 aliphatic carbocycles. The van der Waals surface area contributed by atoms with Gasteiger partial charge in [0.1, 0.15) is 0 Å². The number of nitriles is 1. The Morgan fingerprint density at radius 3 is 2.85 bits per heavy atom. The summed E-state index contributed by atoms with van der Waals surface area (Å²) in [6.45, 7) is 0.319. The van der Waals surface area contributed by atoms with Crippen molar-refractivity contribution in [2.45, 2.75) is 6.54 Å². The molecule has 0 unspecified atom stereocenters. The Balaban J connectivity index is 2.35. The van der Waals surface area contributed by atoms with Crippen LogP contribution in [-0.2, 0) is 6.54 Å². The molecule has 5 nitrogen and oxygen atoms in total. The lowest BCUT2D eigenvalue weighted by Gasteiger charge is -2.08. The topological polar surface area (TPSA) is 74.9 Å². The van der Waals surface area contributed by atoms with Crippen molar-refractivity contribution in [2.24, 2.45) is 0 Å². The van der Waals surface area contributed by atoms with E-state index in [2.05, 4.69) is 11.4 Å². The second kappa shape index (κ2) is 5.85. The van der Waals surface area contributed by atoms with Gasteiger partial charge in [0.25, 0.3) is 11.5 Å². The van der Waals surface area contributed by atoms with E-state index >= 15 is 0 Å². The number of amides is 1. The first-order valence-electron chi connectivity index (χ1n) is 6.05. The Hall–Kier alpha value is -2.87. The highest BCUT2D eigenvalue weighted by Crippen LogP contribution is 2.06. The summed E-state index contributed by atoms with van der Waals surface area (Å²) in [6.07, 6.45) is 1.51. The Morgan fingerprint density at radius 2 is 2.15 bits per heavy atom. The van der Waals surface area contributed by atoms with Crippen molar-refractivity contribution < 1.29 is 4.79 Å². The molecular weight excluding hydrogens is 254 g/mol. The summed E-state index contributed by atoms with van der Waals surface area (Å²) < 4.78 is 1.45. The van der Waals surface area contributed by atoms with Gasteiger partial charge in [0.05, 0.1) is 23.7 Å². The van der Waals surface area contributed by atoms with Crippen molar-refractivity contribution >= 4 is 5.91 Å². The molecule has 1 N–H and O–H groups in total. The number of carbonyl (C=O) groups is 1. The average molecular weight is 267 g/mol. The first-order chi connectivity index (χ1) is 9.63. The highest BCUT2D eigenvalue weighted by molar-refractivity contribution is 5.93. The molecule has 0 aliphatic rings. The number of nitrogens with one attached hydrogen (secondary N) is 1. The van der Waals surface area contributed by atoms with Gasteiger partial charge in [-0.05, 0) is 23.8 Å². The van der Waals surface area contributed by atoms with Crippen LogP contribution < -0.4 is 10.9 Å². The zero-order chi connectivity index (χ0) is 14.5. The van der Waals surface area contributed by atoms with E-state index in [1.165, 1.54) is 29.9 Å². The number of benzene rings is 1. The summed E-state index contributed by atoms with van der Waals surface area (Å²) in [5.41, 5.74) is 1.60. The Labute approximate surface area is 116 Å². The predicted octanol–water partition coefficient (Wildman–Crippen LogP) is 1.13. The minimum Gasteiger partial charge on any atom is -0.355 e. The van der Waals surface area contributed by atoms with Crippen molar-refractivity contribution in [1.82, 2.24) is 9.88 Å². The number of pyridine rings is 1. The molecule has 0 saturated heterocycles. The molecule has 0 aliphatic heterocycles. The molecular formula is C15H13N3O2. The normalized spacial score (nSPS) is 9.80. The lowest BCUT2D eigenvalue weighted by molar-refractivity contribution is 0.0962. The maximum Gasteiger partial charge on any atom is 0.252 e. The van der Waals surface area contributed by atoms with Crippen LogP contribution in [0, 0.1) is 11.3 Å². The van der Waals surface area contributed by atoms with Crippen LogP contribution in [0.4, 0.5) is 0 Å². The summed E-state index contributed by atoms with van der Waals surface area (Å²) in [6, 6.07) is 11.9. The molecule has 0 radical (unpaired) electrons. The molecule has 1 heterocycles. The Kier molecular flexibility index (Phi) is 3.96. The van der Waals surface area contributed by atoms with Gasteiger partial charge in [-0.3, -0.25) is 9.59 Å². The zero-order valence-electron chi connectivity index (χ0n) is 11.0. The molecule has 100 valence electrons. The molecule has 1 aromatic carbocycles. The summed E-state index contributed by atoms with van der Waals surface area (Å²) in [5, 5.41) is 11.4. The van der Waals surface area contributed by atoms with Crippen LogP contribution in [0.1, 0.15) is 21.5 Å². The van der Waals surface area contributed by atoms with Crippen LogP contribution in [0.2, 0.25) is 0 Å². The van der Waals surface area contributed by atoms with Gasteiger partial charge in [-0.1, -0.05) is 12.1 Å². The summed E-state index contributed by atoms with van der Waals surface area (Å²) >= 11 is 0. The van der Waals surface area contributed by atoms with Crippen molar-refractivity contribution in [3.8, 4) is 6.07 Å². The molecule has 5 heteroatoms. The molecule has 2 rings (SSSR count). The Bertz CT molecular complexity index is 741. The fraction of sp³-hybridized carbons (Fsp3) is 0.133. The lowest BCUT2D eigenvalue weighted by atomic mass is 10.1. The monoisotopic (exact) mass is 267 g/mol. The van der Waals surface area contributed by atoms with E-state index in [-0.39, 0.29) is 11.5 Å². The quantitative estimate of drug-likeness (QED) is 0.905. The molecule has 0 fully saturated rings. The highest BCUT2D eigenvalue weighted by Gasteiger charge is 2.06. The van der Waals surface area contributed by atoms with E-state index in [1.807, 2.05) is 6.07 Å². The molecule has 2 aromatic rings. The number of nitrogens with zero attached hydrogens (tertiary/aromatic N) is 2. The number of rotatable bonds is 3. The largest absolute Gasteiger partial charge is 0.355 e. The van der Waals surface area contributed by atoms with Crippen LogP contribution in [0.15, 0.2) is 47.4 Å². The Morgan fingerprint density at radius 1 is 1.35 bits per heavy atom. The van der Waals surface area contributed by atoms with E-state index in [1.54, 1.807) is 18.2 Å². The molecule has 0 bridgehead atoms. The highest BCUT2D eigenvalue weighted by atomic mass is 16.1. The predicted molar refractivity (Wildman–Crippen MR) is 74.4 cm³/mol. The van der Waals surface area contributed by atoms with Gasteiger partial charge in [0.15, 0.2) is 0 Å². The maximum absolute atomic E-state index is 11.8. The van der Waals surface area contributed by atoms with Crippen molar-refractivity contribution in [1.29, 1.82) is 5.26 Å². The second-order valence-electron chi connectivity index (χ2n) is 4.28. The van der Waals surface area contributed by atoms with Crippen LogP contribution in [0.5, 0.6) is 0 Å². The first-order valence-corrected chi connectivity index (χ1v) is 6.05. The van der Waals surface area contributed by atoms with Crippen LogP contribution in [0.3, 0.4) is 0 Å². The van der Waals surface area contributed by atoms with E-state index in [0.29, 0.717) is 17.7 Å². The molecule has 0 spiro atoms. The van der Waals surface area contributed by atoms with Crippen molar-refractivity contribution in [2.75, 3.05) is 7.05 Å². The average Bonchev–Trinajstić information content (AvgIpc) is 2.49. The van der Waals surface area contributed by atoms with Gasteiger partial charge in [-0.25, -0.2) is 0 Å².